The number of benzene rings is 2. The van der Waals surface area contributed by atoms with E-state index in [1.807, 2.05) is 0 Å². The number of carbonyl (C=O) groups excluding carboxylic acids is 3. The van der Waals surface area contributed by atoms with Crippen molar-refractivity contribution >= 4 is 29.2 Å². The van der Waals surface area contributed by atoms with Gasteiger partial charge < -0.3 is 38.7 Å². The van der Waals surface area contributed by atoms with Crippen LogP contribution in [0.15, 0.2) is 53.1 Å². The summed E-state index contributed by atoms with van der Waals surface area (Å²) in [5, 5.41) is 5.21. The number of furan rings is 1. The fourth-order valence-electron chi connectivity index (χ4n) is 3.27. The van der Waals surface area contributed by atoms with Gasteiger partial charge in [-0.2, -0.15) is 0 Å². The van der Waals surface area contributed by atoms with Crippen molar-refractivity contribution < 1.29 is 42.5 Å². The Kier molecular flexibility index (Phi) is 7.05. The molecule has 0 saturated carbocycles. The lowest BCUT2D eigenvalue weighted by atomic mass is 10.1. The first kappa shape index (κ1) is 23.5. The number of fused-ring (bicyclic) bond motifs is 1. The third-order valence-electron chi connectivity index (χ3n) is 4.90. The van der Waals surface area contributed by atoms with Crippen LogP contribution < -0.4 is 29.6 Å². The molecule has 0 fully saturated rings. The molecule has 0 aliphatic carbocycles. The van der Waals surface area contributed by atoms with Gasteiger partial charge in [-0.05, 0) is 24.3 Å². The van der Waals surface area contributed by atoms with Crippen LogP contribution in [0, 0.1) is 0 Å². The van der Waals surface area contributed by atoms with Crippen molar-refractivity contribution in [2.45, 2.75) is 0 Å². The Morgan fingerprint density at radius 2 is 1.66 bits per heavy atom. The third kappa shape index (κ3) is 5.46. The highest BCUT2D eigenvalue weighted by molar-refractivity contribution is 6.07. The molecular weight excluding hydrogens is 460 g/mol. The molecule has 0 spiro atoms. The van der Waals surface area contributed by atoms with Gasteiger partial charge in [0.25, 0.3) is 11.8 Å². The second-order valence-corrected chi connectivity index (χ2v) is 7.17. The molecule has 2 heterocycles. The van der Waals surface area contributed by atoms with Gasteiger partial charge in [0, 0.05) is 23.9 Å². The molecule has 2 N–H and O–H groups in total. The summed E-state index contributed by atoms with van der Waals surface area (Å²) in [5.74, 6) is -0.391. The summed E-state index contributed by atoms with van der Waals surface area (Å²) in [5.41, 5.74) is 0.490. The van der Waals surface area contributed by atoms with E-state index in [0.717, 1.165) is 0 Å². The van der Waals surface area contributed by atoms with Crippen LogP contribution in [0.25, 0.3) is 0 Å². The van der Waals surface area contributed by atoms with Gasteiger partial charge in [-0.15, -0.1) is 0 Å². The van der Waals surface area contributed by atoms with Crippen LogP contribution in [0.5, 0.6) is 23.0 Å². The van der Waals surface area contributed by atoms with E-state index in [1.54, 1.807) is 24.3 Å². The highest BCUT2D eigenvalue weighted by atomic mass is 16.6. The number of anilines is 2. The zero-order valence-corrected chi connectivity index (χ0v) is 18.9. The Hall–Kier alpha value is -4.67. The van der Waals surface area contributed by atoms with E-state index in [0.29, 0.717) is 30.4 Å². The van der Waals surface area contributed by atoms with Crippen molar-refractivity contribution in [1.29, 1.82) is 0 Å². The molecule has 2 amide bonds. The molecule has 0 saturated heterocycles. The Bertz CT molecular complexity index is 1240. The number of carbonyl (C=O) groups is 3. The fraction of sp³-hybridized carbons (Fsp3) is 0.208. The van der Waals surface area contributed by atoms with E-state index >= 15 is 0 Å². The standard InChI is InChI=1S/C24H22N2O9/c1-30-19-11-15(16(12-20(19)31-2)26-23(28)18-4-3-7-32-18)24(29)35-13-22(27)25-14-5-6-17-21(10-14)34-9-8-33-17/h3-7,10-12H,8-9,13H2,1-2H3,(H,25,27)(H,26,28). The number of hydrogen-bond donors (Lipinski definition) is 2. The highest BCUT2D eigenvalue weighted by Crippen LogP contribution is 2.34. The number of hydrogen-bond acceptors (Lipinski definition) is 9. The van der Waals surface area contributed by atoms with Crippen molar-refractivity contribution in [3.63, 3.8) is 0 Å². The van der Waals surface area contributed by atoms with E-state index in [4.69, 9.17) is 28.1 Å². The van der Waals surface area contributed by atoms with Crippen molar-refractivity contribution in [1.82, 2.24) is 0 Å². The van der Waals surface area contributed by atoms with Crippen LogP contribution in [-0.2, 0) is 9.53 Å². The van der Waals surface area contributed by atoms with Gasteiger partial charge in [0.1, 0.15) is 13.2 Å². The maximum absolute atomic E-state index is 12.8. The van der Waals surface area contributed by atoms with Crippen LogP contribution >= 0.6 is 0 Å². The monoisotopic (exact) mass is 482 g/mol. The molecule has 35 heavy (non-hydrogen) atoms. The Balaban J connectivity index is 1.46. The Morgan fingerprint density at radius 3 is 2.37 bits per heavy atom. The van der Waals surface area contributed by atoms with Gasteiger partial charge >= 0.3 is 5.97 Å². The summed E-state index contributed by atoms with van der Waals surface area (Å²) in [6.45, 7) is 0.286. The molecule has 1 aliphatic rings. The fourth-order valence-corrected chi connectivity index (χ4v) is 3.27. The molecule has 1 aliphatic heterocycles. The number of rotatable bonds is 8. The molecule has 4 rings (SSSR count). The maximum atomic E-state index is 12.8. The SMILES string of the molecule is COc1cc(NC(=O)c2ccco2)c(C(=O)OCC(=O)Nc2ccc3c(c2)OCCO3)cc1OC. The summed E-state index contributed by atoms with van der Waals surface area (Å²) in [6, 6.07) is 10.7. The first-order valence-corrected chi connectivity index (χ1v) is 10.5. The molecule has 11 heteroatoms. The quantitative estimate of drug-likeness (QED) is 0.464. The van der Waals surface area contributed by atoms with Crippen molar-refractivity contribution in [2.75, 3.05) is 44.7 Å². The maximum Gasteiger partial charge on any atom is 0.340 e. The zero-order chi connectivity index (χ0) is 24.8. The average Bonchev–Trinajstić information content (AvgIpc) is 3.42. The normalized spacial score (nSPS) is 11.8. The largest absolute Gasteiger partial charge is 0.493 e. The van der Waals surface area contributed by atoms with Crippen LogP contribution in [0.3, 0.4) is 0 Å². The minimum Gasteiger partial charge on any atom is -0.493 e. The number of amides is 2. The summed E-state index contributed by atoms with van der Waals surface area (Å²) < 4.78 is 31.7. The summed E-state index contributed by atoms with van der Waals surface area (Å²) in [4.78, 5) is 37.7. The lowest BCUT2D eigenvalue weighted by Gasteiger charge is -2.19. The van der Waals surface area contributed by atoms with E-state index in [-0.39, 0.29) is 28.5 Å². The Morgan fingerprint density at radius 1 is 0.914 bits per heavy atom. The second-order valence-electron chi connectivity index (χ2n) is 7.17. The van der Waals surface area contributed by atoms with E-state index in [9.17, 15) is 14.4 Å². The molecule has 0 radical (unpaired) electrons. The molecule has 0 unspecified atom stereocenters. The minimum absolute atomic E-state index is 0.0397. The number of nitrogens with one attached hydrogen (secondary N) is 2. The highest BCUT2D eigenvalue weighted by Gasteiger charge is 2.22. The van der Waals surface area contributed by atoms with Gasteiger partial charge in [-0.3, -0.25) is 9.59 Å². The minimum atomic E-state index is -0.863. The zero-order valence-electron chi connectivity index (χ0n) is 18.9. The lowest BCUT2D eigenvalue weighted by molar-refractivity contribution is -0.119. The molecule has 3 aromatic rings. The first-order chi connectivity index (χ1) is 17.0. The van der Waals surface area contributed by atoms with Gasteiger partial charge in [-0.1, -0.05) is 0 Å². The van der Waals surface area contributed by atoms with E-state index < -0.39 is 24.4 Å². The predicted octanol–water partition coefficient (Wildman–Crippen LogP) is 3.12. The molecular formula is C24H22N2O9. The van der Waals surface area contributed by atoms with Gasteiger partial charge in [0.05, 0.1) is 31.7 Å². The van der Waals surface area contributed by atoms with Crippen molar-refractivity contribution in [2.24, 2.45) is 0 Å². The molecule has 11 nitrogen and oxygen atoms in total. The second kappa shape index (κ2) is 10.5. The van der Waals surface area contributed by atoms with Crippen molar-refractivity contribution in [3.05, 3.63) is 60.1 Å². The van der Waals surface area contributed by atoms with E-state index in [1.165, 1.54) is 38.7 Å². The molecule has 182 valence electrons. The summed E-state index contributed by atoms with van der Waals surface area (Å²) in [6.07, 6.45) is 1.35. The number of ether oxygens (including phenoxy) is 5. The number of methoxy groups -OCH3 is 2. The van der Waals surface area contributed by atoms with Crippen LogP contribution in [-0.4, -0.2) is 51.8 Å². The van der Waals surface area contributed by atoms with Crippen LogP contribution in [0.1, 0.15) is 20.9 Å². The van der Waals surface area contributed by atoms with Gasteiger partial charge in [0.15, 0.2) is 35.4 Å². The molecule has 1 aromatic heterocycles. The number of esters is 1. The molecule has 2 aromatic carbocycles. The molecule has 0 bridgehead atoms. The van der Waals surface area contributed by atoms with Crippen molar-refractivity contribution in [3.8, 4) is 23.0 Å². The average molecular weight is 482 g/mol. The summed E-state index contributed by atoms with van der Waals surface area (Å²) >= 11 is 0. The smallest absolute Gasteiger partial charge is 0.340 e. The predicted molar refractivity (Wildman–Crippen MR) is 123 cm³/mol. The van der Waals surface area contributed by atoms with Crippen LogP contribution in [0.2, 0.25) is 0 Å². The summed E-state index contributed by atoms with van der Waals surface area (Å²) in [7, 11) is 2.81. The Labute approximate surface area is 199 Å². The van der Waals surface area contributed by atoms with Gasteiger partial charge in [-0.25, -0.2) is 4.79 Å². The molecule has 0 atom stereocenters. The first-order valence-electron chi connectivity index (χ1n) is 10.5. The van der Waals surface area contributed by atoms with Gasteiger partial charge in [0.2, 0.25) is 0 Å². The topological polar surface area (TPSA) is 135 Å². The third-order valence-corrected chi connectivity index (χ3v) is 4.90. The van der Waals surface area contributed by atoms with E-state index in [2.05, 4.69) is 10.6 Å². The van der Waals surface area contributed by atoms with Crippen LogP contribution in [0.4, 0.5) is 11.4 Å². The lowest BCUT2D eigenvalue weighted by Crippen LogP contribution is -2.22.